The van der Waals surface area contributed by atoms with Crippen LogP contribution in [0.3, 0.4) is 0 Å². The molecule has 0 unspecified atom stereocenters. The summed E-state index contributed by atoms with van der Waals surface area (Å²) in [6, 6.07) is 7.83. The second-order valence-electron chi connectivity index (χ2n) is 5.60. The van der Waals surface area contributed by atoms with E-state index < -0.39 is 5.60 Å². The molecule has 3 heteroatoms. The maximum atomic E-state index is 10.4. The van der Waals surface area contributed by atoms with E-state index in [1.807, 2.05) is 24.3 Å². The molecule has 0 heterocycles. The van der Waals surface area contributed by atoms with E-state index in [0.29, 0.717) is 6.54 Å². The molecule has 2 rings (SSSR count). The number of hydrogen-bond acceptors (Lipinski definition) is 2. The lowest BCUT2D eigenvalue weighted by atomic mass is 9.79. The van der Waals surface area contributed by atoms with E-state index in [1.165, 1.54) is 0 Å². The fraction of sp³-hybridized carbons (Fsp3) is 0.600. The summed E-state index contributed by atoms with van der Waals surface area (Å²) in [5, 5.41) is 14.6. The normalized spacial score (nSPS) is 28.3. The van der Waals surface area contributed by atoms with Crippen LogP contribution in [0.15, 0.2) is 24.3 Å². The van der Waals surface area contributed by atoms with Gasteiger partial charge in [-0.15, -0.1) is 0 Å². The van der Waals surface area contributed by atoms with Crippen LogP contribution >= 0.6 is 11.6 Å². The third-order valence-electron chi connectivity index (χ3n) is 3.93. The van der Waals surface area contributed by atoms with E-state index in [2.05, 4.69) is 12.2 Å². The first-order valence-corrected chi connectivity index (χ1v) is 7.13. The highest BCUT2D eigenvalue weighted by atomic mass is 35.5. The molecule has 1 fully saturated rings. The maximum Gasteiger partial charge on any atom is 0.0771 e. The Balaban J connectivity index is 1.80. The summed E-state index contributed by atoms with van der Waals surface area (Å²) in [6.07, 6.45) is 4.07. The molecule has 2 N–H and O–H groups in total. The maximum absolute atomic E-state index is 10.4. The van der Waals surface area contributed by atoms with Gasteiger partial charge in [0.25, 0.3) is 0 Å². The zero-order chi connectivity index (χ0) is 13.0. The van der Waals surface area contributed by atoms with Gasteiger partial charge in [0, 0.05) is 18.1 Å². The summed E-state index contributed by atoms with van der Waals surface area (Å²) in [4.78, 5) is 0. The van der Waals surface area contributed by atoms with Gasteiger partial charge in [-0.3, -0.25) is 0 Å². The van der Waals surface area contributed by atoms with Gasteiger partial charge in [-0.05, 0) is 43.2 Å². The topological polar surface area (TPSA) is 32.3 Å². The van der Waals surface area contributed by atoms with Crippen LogP contribution in [-0.4, -0.2) is 17.3 Å². The minimum atomic E-state index is -0.520. The van der Waals surface area contributed by atoms with E-state index in [4.69, 9.17) is 11.6 Å². The van der Waals surface area contributed by atoms with E-state index >= 15 is 0 Å². The van der Waals surface area contributed by atoms with Crippen LogP contribution in [0.4, 0.5) is 0 Å². The molecule has 0 bridgehead atoms. The minimum Gasteiger partial charge on any atom is -0.389 e. The van der Waals surface area contributed by atoms with Gasteiger partial charge in [0.05, 0.1) is 5.60 Å². The third kappa shape index (κ3) is 3.71. The minimum absolute atomic E-state index is 0.520. The molecule has 100 valence electrons. The Kier molecular flexibility index (Phi) is 4.66. The molecular formula is C15H22ClNO. The van der Waals surface area contributed by atoms with Crippen molar-refractivity contribution in [2.24, 2.45) is 5.92 Å². The van der Waals surface area contributed by atoms with E-state index in [0.717, 1.165) is 48.7 Å². The highest BCUT2D eigenvalue weighted by Crippen LogP contribution is 2.31. The van der Waals surface area contributed by atoms with E-state index in [9.17, 15) is 5.11 Å². The zero-order valence-corrected chi connectivity index (χ0v) is 11.7. The molecule has 1 saturated carbocycles. The van der Waals surface area contributed by atoms with Gasteiger partial charge in [0.15, 0.2) is 0 Å². The summed E-state index contributed by atoms with van der Waals surface area (Å²) in [7, 11) is 0. The summed E-state index contributed by atoms with van der Waals surface area (Å²) in [5.74, 6) is 0.758. The van der Waals surface area contributed by atoms with Crippen molar-refractivity contribution in [3.05, 3.63) is 34.9 Å². The molecule has 0 amide bonds. The molecule has 0 aromatic heterocycles. The molecule has 0 atom stereocenters. The Morgan fingerprint density at radius 2 is 2.00 bits per heavy atom. The molecular weight excluding hydrogens is 246 g/mol. The van der Waals surface area contributed by atoms with Crippen molar-refractivity contribution >= 4 is 11.6 Å². The van der Waals surface area contributed by atoms with Crippen LogP contribution in [0.1, 0.15) is 38.2 Å². The van der Waals surface area contributed by atoms with Crippen LogP contribution in [0, 0.1) is 5.92 Å². The lowest BCUT2D eigenvalue weighted by Gasteiger charge is -2.35. The lowest BCUT2D eigenvalue weighted by molar-refractivity contribution is -0.00630. The standard InChI is InChI=1S/C15H22ClNO/c1-12-6-8-15(18,9-7-12)11-17-10-13-4-2-3-5-14(13)16/h2-5,12,17-18H,6-11H2,1H3. The fourth-order valence-corrected chi connectivity index (χ4v) is 2.75. The lowest BCUT2D eigenvalue weighted by Crippen LogP contribution is -2.43. The average molecular weight is 268 g/mol. The molecule has 1 aliphatic rings. The number of hydrogen-bond donors (Lipinski definition) is 2. The highest BCUT2D eigenvalue weighted by molar-refractivity contribution is 6.31. The van der Waals surface area contributed by atoms with Crippen molar-refractivity contribution in [1.29, 1.82) is 0 Å². The van der Waals surface area contributed by atoms with Gasteiger partial charge in [-0.25, -0.2) is 0 Å². The predicted molar refractivity (Wildman–Crippen MR) is 75.7 cm³/mol. The van der Waals surface area contributed by atoms with Crippen LogP contribution in [0.2, 0.25) is 5.02 Å². The van der Waals surface area contributed by atoms with E-state index in [1.54, 1.807) is 0 Å². The molecule has 0 saturated heterocycles. The largest absolute Gasteiger partial charge is 0.389 e. The van der Waals surface area contributed by atoms with Crippen molar-refractivity contribution in [1.82, 2.24) is 5.32 Å². The van der Waals surface area contributed by atoms with Gasteiger partial charge in [-0.1, -0.05) is 36.7 Å². The van der Waals surface area contributed by atoms with Crippen molar-refractivity contribution in [2.75, 3.05) is 6.54 Å². The number of rotatable bonds is 4. The Morgan fingerprint density at radius 3 is 2.67 bits per heavy atom. The number of halogens is 1. The monoisotopic (exact) mass is 267 g/mol. The first-order chi connectivity index (χ1) is 8.59. The Morgan fingerprint density at radius 1 is 1.33 bits per heavy atom. The molecule has 2 nitrogen and oxygen atoms in total. The van der Waals surface area contributed by atoms with Crippen molar-refractivity contribution in [2.45, 2.75) is 44.8 Å². The smallest absolute Gasteiger partial charge is 0.0771 e. The SMILES string of the molecule is CC1CCC(O)(CNCc2ccccc2Cl)CC1. The van der Waals surface area contributed by atoms with Gasteiger partial charge in [0.2, 0.25) is 0 Å². The first kappa shape index (κ1) is 13.9. The molecule has 18 heavy (non-hydrogen) atoms. The Labute approximate surface area is 114 Å². The molecule has 0 aliphatic heterocycles. The number of nitrogens with one attached hydrogen (secondary N) is 1. The average Bonchev–Trinajstić information content (AvgIpc) is 2.36. The predicted octanol–water partition coefficient (Wildman–Crippen LogP) is 3.37. The van der Waals surface area contributed by atoms with E-state index in [-0.39, 0.29) is 0 Å². The summed E-state index contributed by atoms with van der Waals surface area (Å²) < 4.78 is 0. The van der Waals surface area contributed by atoms with Crippen LogP contribution in [0.25, 0.3) is 0 Å². The highest BCUT2D eigenvalue weighted by Gasteiger charge is 2.31. The van der Waals surface area contributed by atoms with Crippen LogP contribution in [0.5, 0.6) is 0 Å². The second-order valence-corrected chi connectivity index (χ2v) is 6.01. The zero-order valence-electron chi connectivity index (χ0n) is 11.0. The van der Waals surface area contributed by atoms with Crippen molar-refractivity contribution in [3.63, 3.8) is 0 Å². The Bertz CT molecular complexity index is 386. The Hall–Kier alpha value is -0.570. The summed E-state index contributed by atoms with van der Waals surface area (Å²) in [6.45, 7) is 3.64. The molecule has 1 aromatic rings. The molecule has 1 aliphatic carbocycles. The number of aliphatic hydroxyl groups is 1. The van der Waals surface area contributed by atoms with Gasteiger partial charge in [-0.2, -0.15) is 0 Å². The van der Waals surface area contributed by atoms with Gasteiger partial charge in [0.1, 0.15) is 0 Å². The summed E-state index contributed by atoms with van der Waals surface area (Å²) >= 11 is 6.10. The van der Waals surface area contributed by atoms with Gasteiger partial charge < -0.3 is 10.4 Å². The van der Waals surface area contributed by atoms with Crippen molar-refractivity contribution < 1.29 is 5.11 Å². The molecule has 0 radical (unpaired) electrons. The summed E-state index contributed by atoms with van der Waals surface area (Å²) in [5.41, 5.74) is 0.570. The first-order valence-electron chi connectivity index (χ1n) is 6.76. The van der Waals surface area contributed by atoms with Crippen molar-refractivity contribution in [3.8, 4) is 0 Å². The van der Waals surface area contributed by atoms with Crippen LogP contribution in [-0.2, 0) is 6.54 Å². The molecule has 1 aromatic carbocycles. The second kappa shape index (κ2) is 6.05. The van der Waals surface area contributed by atoms with Gasteiger partial charge >= 0.3 is 0 Å². The number of benzene rings is 1. The third-order valence-corrected chi connectivity index (χ3v) is 4.30. The van der Waals surface area contributed by atoms with Crippen LogP contribution < -0.4 is 5.32 Å². The molecule has 0 spiro atoms. The quantitative estimate of drug-likeness (QED) is 0.877. The fourth-order valence-electron chi connectivity index (χ4n) is 2.55.